The van der Waals surface area contributed by atoms with E-state index in [-0.39, 0.29) is 0 Å². The molecule has 3 rings (SSSR count). The molecule has 0 spiro atoms. The molecule has 1 aromatic heterocycles. The SMILES string of the molecule is Cc1ccc(CC2CCCN2Cc2nnc(C)o2)cc1. The molecule has 4 nitrogen and oxygen atoms in total. The summed E-state index contributed by atoms with van der Waals surface area (Å²) in [4.78, 5) is 2.47. The summed E-state index contributed by atoms with van der Waals surface area (Å²) in [6, 6.07) is 9.45. The van der Waals surface area contributed by atoms with Gasteiger partial charge < -0.3 is 4.42 Å². The van der Waals surface area contributed by atoms with Crippen LogP contribution in [-0.2, 0) is 13.0 Å². The summed E-state index contributed by atoms with van der Waals surface area (Å²) >= 11 is 0. The second kappa shape index (κ2) is 5.75. The molecule has 0 bridgehead atoms. The van der Waals surface area contributed by atoms with E-state index in [1.54, 1.807) is 0 Å². The standard InChI is InChI=1S/C16H21N3O/c1-12-5-7-14(8-6-12)10-15-4-3-9-19(15)11-16-18-17-13(2)20-16/h5-8,15H,3-4,9-11H2,1-2H3. The van der Waals surface area contributed by atoms with Crippen LogP contribution in [0.5, 0.6) is 0 Å². The van der Waals surface area contributed by atoms with Crippen LogP contribution in [0.2, 0.25) is 0 Å². The lowest BCUT2D eigenvalue weighted by Crippen LogP contribution is -2.30. The zero-order valence-electron chi connectivity index (χ0n) is 12.2. The Morgan fingerprint density at radius 3 is 2.70 bits per heavy atom. The van der Waals surface area contributed by atoms with E-state index in [2.05, 4.69) is 46.3 Å². The smallest absolute Gasteiger partial charge is 0.230 e. The van der Waals surface area contributed by atoms with Crippen LogP contribution in [0.15, 0.2) is 28.7 Å². The van der Waals surface area contributed by atoms with Gasteiger partial charge in [0.05, 0.1) is 6.54 Å². The Kier molecular flexibility index (Phi) is 3.83. The summed E-state index contributed by atoms with van der Waals surface area (Å²) < 4.78 is 5.50. The molecule has 0 radical (unpaired) electrons. The quantitative estimate of drug-likeness (QED) is 0.857. The van der Waals surface area contributed by atoms with Crippen LogP contribution in [0.4, 0.5) is 0 Å². The molecule has 1 atom stereocenters. The van der Waals surface area contributed by atoms with E-state index in [0.29, 0.717) is 11.9 Å². The molecule has 1 aliphatic rings. The number of hydrogen-bond acceptors (Lipinski definition) is 4. The number of likely N-dealkylation sites (tertiary alicyclic amines) is 1. The molecule has 1 aliphatic heterocycles. The highest BCUT2D eigenvalue weighted by Crippen LogP contribution is 2.23. The Hall–Kier alpha value is -1.68. The van der Waals surface area contributed by atoms with Gasteiger partial charge in [0, 0.05) is 13.0 Å². The average molecular weight is 271 g/mol. The van der Waals surface area contributed by atoms with Crippen molar-refractivity contribution in [1.82, 2.24) is 15.1 Å². The summed E-state index contributed by atoms with van der Waals surface area (Å²) in [5.41, 5.74) is 2.73. The number of hydrogen-bond donors (Lipinski definition) is 0. The van der Waals surface area contributed by atoms with Crippen molar-refractivity contribution in [3.05, 3.63) is 47.2 Å². The van der Waals surface area contributed by atoms with Gasteiger partial charge >= 0.3 is 0 Å². The number of aryl methyl sites for hydroxylation is 2. The maximum atomic E-state index is 5.50. The van der Waals surface area contributed by atoms with Crippen molar-refractivity contribution in [3.8, 4) is 0 Å². The van der Waals surface area contributed by atoms with Crippen LogP contribution < -0.4 is 0 Å². The zero-order chi connectivity index (χ0) is 13.9. The summed E-state index contributed by atoms with van der Waals surface area (Å²) in [6.45, 7) is 5.86. The van der Waals surface area contributed by atoms with Crippen LogP contribution in [0.1, 0.15) is 35.7 Å². The first kappa shape index (κ1) is 13.3. The summed E-state index contributed by atoms with van der Waals surface area (Å²) in [6.07, 6.45) is 3.61. The Morgan fingerprint density at radius 2 is 2.00 bits per heavy atom. The molecule has 0 aliphatic carbocycles. The Bertz CT molecular complexity index is 561. The van der Waals surface area contributed by atoms with E-state index in [4.69, 9.17) is 4.42 Å². The number of aromatic nitrogens is 2. The third-order valence-corrected chi connectivity index (χ3v) is 4.00. The van der Waals surface area contributed by atoms with Crippen molar-refractivity contribution in [1.29, 1.82) is 0 Å². The van der Waals surface area contributed by atoms with Gasteiger partial charge in [0.1, 0.15) is 0 Å². The number of benzene rings is 1. The van der Waals surface area contributed by atoms with Crippen molar-refractivity contribution < 1.29 is 4.42 Å². The molecule has 4 heteroatoms. The van der Waals surface area contributed by atoms with Gasteiger partial charge in [-0.15, -0.1) is 10.2 Å². The minimum Gasteiger partial charge on any atom is -0.424 e. The van der Waals surface area contributed by atoms with Gasteiger partial charge in [0.25, 0.3) is 0 Å². The van der Waals surface area contributed by atoms with Crippen LogP contribution in [0.25, 0.3) is 0 Å². The molecule has 1 saturated heterocycles. The minimum atomic E-state index is 0.588. The van der Waals surface area contributed by atoms with Crippen LogP contribution >= 0.6 is 0 Å². The van der Waals surface area contributed by atoms with E-state index >= 15 is 0 Å². The van der Waals surface area contributed by atoms with E-state index in [9.17, 15) is 0 Å². The van der Waals surface area contributed by atoms with Crippen molar-refractivity contribution in [2.24, 2.45) is 0 Å². The third kappa shape index (κ3) is 3.07. The normalized spacial score (nSPS) is 19.6. The Balaban J connectivity index is 1.64. The fourth-order valence-corrected chi connectivity index (χ4v) is 2.91. The Morgan fingerprint density at radius 1 is 1.20 bits per heavy atom. The van der Waals surface area contributed by atoms with Crippen LogP contribution in [-0.4, -0.2) is 27.7 Å². The van der Waals surface area contributed by atoms with Gasteiger partial charge in [-0.3, -0.25) is 4.90 Å². The molecule has 1 fully saturated rings. The largest absolute Gasteiger partial charge is 0.424 e. The fourth-order valence-electron chi connectivity index (χ4n) is 2.91. The molecule has 0 amide bonds. The molecule has 2 aromatic rings. The highest BCUT2D eigenvalue weighted by atomic mass is 16.4. The predicted octanol–water partition coefficient (Wildman–Crippen LogP) is 2.89. The summed E-state index contributed by atoms with van der Waals surface area (Å²) in [7, 11) is 0. The molecular weight excluding hydrogens is 250 g/mol. The van der Waals surface area contributed by atoms with E-state index < -0.39 is 0 Å². The first-order chi connectivity index (χ1) is 9.70. The van der Waals surface area contributed by atoms with Gasteiger partial charge in [0.15, 0.2) is 0 Å². The van der Waals surface area contributed by atoms with Gasteiger partial charge in [-0.2, -0.15) is 0 Å². The Labute approximate surface area is 119 Å². The minimum absolute atomic E-state index is 0.588. The molecule has 0 saturated carbocycles. The van der Waals surface area contributed by atoms with Gasteiger partial charge in [0.2, 0.25) is 11.8 Å². The van der Waals surface area contributed by atoms with Gasteiger partial charge in [-0.25, -0.2) is 0 Å². The lowest BCUT2D eigenvalue weighted by Gasteiger charge is -2.22. The number of rotatable bonds is 4. The second-order valence-electron chi connectivity index (χ2n) is 5.67. The maximum absolute atomic E-state index is 5.50. The van der Waals surface area contributed by atoms with Gasteiger partial charge in [-0.1, -0.05) is 29.8 Å². The molecule has 20 heavy (non-hydrogen) atoms. The summed E-state index contributed by atoms with van der Waals surface area (Å²) in [5.74, 6) is 1.38. The topological polar surface area (TPSA) is 42.2 Å². The van der Waals surface area contributed by atoms with E-state index in [1.165, 1.54) is 24.0 Å². The van der Waals surface area contributed by atoms with Crippen molar-refractivity contribution in [2.45, 2.75) is 45.7 Å². The highest BCUT2D eigenvalue weighted by molar-refractivity contribution is 5.22. The lowest BCUT2D eigenvalue weighted by molar-refractivity contribution is 0.219. The molecule has 106 valence electrons. The van der Waals surface area contributed by atoms with E-state index in [1.807, 2.05) is 6.92 Å². The van der Waals surface area contributed by atoms with Crippen LogP contribution in [0.3, 0.4) is 0 Å². The maximum Gasteiger partial charge on any atom is 0.230 e. The second-order valence-corrected chi connectivity index (χ2v) is 5.67. The van der Waals surface area contributed by atoms with Crippen molar-refractivity contribution in [2.75, 3.05) is 6.54 Å². The lowest BCUT2D eigenvalue weighted by atomic mass is 10.0. The monoisotopic (exact) mass is 271 g/mol. The molecular formula is C16H21N3O. The molecule has 0 N–H and O–H groups in total. The third-order valence-electron chi connectivity index (χ3n) is 4.00. The van der Waals surface area contributed by atoms with E-state index in [0.717, 1.165) is 25.4 Å². The zero-order valence-corrected chi connectivity index (χ0v) is 12.2. The average Bonchev–Trinajstić information content (AvgIpc) is 3.03. The van der Waals surface area contributed by atoms with Gasteiger partial charge in [-0.05, 0) is 38.3 Å². The van der Waals surface area contributed by atoms with Crippen molar-refractivity contribution in [3.63, 3.8) is 0 Å². The highest BCUT2D eigenvalue weighted by Gasteiger charge is 2.26. The van der Waals surface area contributed by atoms with Crippen molar-refractivity contribution >= 4 is 0 Å². The predicted molar refractivity (Wildman–Crippen MR) is 77.4 cm³/mol. The number of nitrogens with zero attached hydrogens (tertiary/aromatic N) is 3. The fraction of sp³-hybridized carbons (Fsp3) is 0.500. The molecule has 1 aromatic carbocycles. The summed E-state index contributed by atoms with van der Waals surface area (Å²) in [5, 5.41) is 8.01. The van der Waals surface area contributed by atoms with Crippen LogP contribution in [0, 0.1) is 13.8 Å². The first-order valence-corrected chi connectivity index (χ1v) is 7.29. The molecule has 1 unspecified atom stereocenters. The molecule has 2 heterocycles. The first-order valence-electron chi connectivity index (χ1n) is 7.29.